The highest BCUT2D eigenvalue weighted by Gasteiger charge is 2.15. The molecule has 146 valence electrons. The second-order valence-corrected chi connectivity index (χ2v) is 6.69. The molecule has 1 N–H and O–H groups in total. The Bertz CT molecular complexity index is 1260. The summed E-state index contributed by atoms with van der Waals surface area (Å²) in [7, 11) is 1.51. The zero-order valence-electron chi connectivity index (χ0n) is 15.4. The van der Waals surface area contributed by atoms with Crippen LogP contribution >= 0.6 is 11.6 Å². The van der Waals surface area contributed by atoms with Crippen molar-refractivity contribution < 1.29 is 13.9 Å². The van der Waals surface area contributed by atoms with Crippen LogP contribution in [0.1, 0.15) is 15.9 Å². The second kappa shape index (κ2) is 7.81. The Balaban J connectivity index is 1.58. The number of anilines is 1. The van der Waals surface area contributed by atoms with Crippen molar-refractivity contribution in [2.45, 2.75) is 6.54 Å². The Morgan fingerprint density at radius 1 is 1.21 bits per heavy atom. The van der Waals surface area contributed by atoms with E-state index in [1.165, 1.54) is 7.11 Å². The minimum absolute atomic E-state index is 0.194. The Morgan fingerprint density at radius 2 is 2.03 bits per heavy atom. The number of benzene rings is 2. The molecule has 0 bridgehead atoms. The number of nitrogens with zero attached hydrogens (tertiary/aromatic N) is 2. The molecule has 29 heavy (non-hydrogen) atoms. The van der Waals surface area contributed by atoms with Gasteiger partial charge in [0.05, 0.1) is 19.2 Å². The van der Waals surface area contributed by atoms with Crippen LogP contribution in [0.25, 0.3) is 11.0 Å². The van der Waals surface area contributed by atoms with E-state index in [0.29, 0.717) is 28.5 Å². The highest BCUT2D eigenvalue weighted by atomic mass is 35.5. The van der Waals surface area contributed by atoms with E-state index < -0.39 is 11.5 Å². The zero-order valence-corrected chi connectivity index (χ0v) is 16.1. The number of ether oxygens (including phenoxy) is 1. The highest BCUT2D eigenvalue weighted by Crippen LogP contribution is 2.23. The smallest absolute Gasteiger partial charge is 0.337 e. The fraction of sp³-hybridized carbons (Fsp3) is 0.0952. The maximum absolute atomic E-state index is 12.8. The molecule has 0 fully saturated rings. The Hall–Kier alpha value is -3.58. The molecule has 2 aromatic carbocycles. The van der Waals surface area contributed by atoms with Gasteiger partial charge in [-0.05, 0) is 23.8 Å². The molecule has 0 aliphatic heterocycles. The van der Waals surface area contributed by atoms with Gasteiger partial charge in [0.25, 0.3) is 5.91 Å². The van der Waals surface area contributed by atoms with Crippen LogP contribution < -0.4 is 15.7 Å². The molecule has 0 saturated carbocycles. The lowest BCUT2D eigenvalue weighted by atomic mass is 10.1. The molecule has 0 atom stereocenters. The summed E-state index contributed by atoms with van der Waals surface area (Å²) >= 11 is 6.18. The van der Waals surface area contributed by atoms with Crippen LogP contribution in [0, 0.1) is 0 Å². The van der Waals surface area contributed by atoms with E-state index in [2.05, 4.69) is 10.4 Å². The molecule has 0 aliphatic rings. The zero-order chi connectivity index (χ0) is 20.4. The first-order valence-electron chi connectivity index (χ1n) is 8.73. The summed E-state index contributed by atoms with van der Waals surface area (Å²) in [6.07, 6.45) is 1.74. The Kier molecular flexibility index (Phi) is 5.05. The number of hydrogen-bond acceptors (Lipinski definition) is 5. The lowest BCUT2D eigenvalue weighted by molar-refractivity contribution is 0.102. The van der Waals surface area contributed by atoms with Gasteiger partial charge in [-0.1, -0.05) is 29.8 Å². The number of nitrogens with one attached hydrogen (secondary N) is 1. The van der Waals surface area contributed by atoms with E-state index >= 15 is 0 Å². The lowest BCUT2D eigenvalue weighted by Crippen LogP contribution is -2.16. The molecule has 4 aromatic rings. The number of methoxy groups -OCH3 is 1. The van der Waals surface area contributed by atoms with Gasteiger partial charge in [-0.25, -0.2) is 4.79 Å². The first kappa shape index (κ1) is 18.8. The van der Waals surface area contributed by atoms with Gasteiger partial charge in [0.2, 0.25) is 0 Å². The molecule has 1 amide bonds. The maximum Gasteiger partial charge on any atom is 0.337 e. The van der Waals surface area contributed by atoms with Crippen LogP contribution in [0.4, 0.5) is 5.82 Å². The molecule has 4 rings (SSSR count). The summed E-state index contributed by atoms with van der Waals surface area (Å²) in [6, 6.07) is 15.2. The first-order valence-corrected chi connectivity index (χ1v) is 9.11. The number of carbonyl (C=O) groups is 1. The van der Waals surface area contributed by atoms with E-state index in [0.717, 1.165) is 11.6 Å². The van der Waals surface area contributed by atoms with Crippen LogP contribution in [-0.2, 0) is 6.54 Å². The summed E-state index contributed by atoms with van der Waals surface area (Å²) in [5.74, 6) is 0.421. The quantitative estimate of drug-likeness (QED) is 0.504. The molecule has 7 nitrogen and oxygen atoms in total. The van der Waals surface area contributed by atoms with Crippen LogP contribution in [-0.4, -0.2) is 22.8 Å². The van der Waals surface area contributed by atoms with Crippen molar-refractivity contribution >= 4 is 34.3 Å². The van der Waals surface area contributed by atoms with Crippen molar-refractivity contribution in [3.05, 3.63) is 87.4 Å². The van der Waals surface area contributed by atoms with Gasteiger partial charge in [-0.15, -0.1) is 0 Å². The van der Waals surface area contributed by atoms with Crippen molar-refractivity contribution in [2.75, 3.05) is 12.4 Å². The standard InChI is InChI=1S/C21H16ClN3O4/c1-28-14-6-7-15-16(11-20(26)29-18(15)10-14)21(27)23-19-8-9-25(24-19)12-13-4-2-3-5-17(13)22/h2-11H,12H2,1H3,(H,23,24,27). The highest BCUT2D eigenvalue weighted by molar-refractivity contribution is 6.31. The Morgan fingerprint density at radius 3 is 2.83 bits per heavy atom. The van der Waals surface area contributed by atoms with E-state index in [1.807, 2.05) is 24.3 Å². The van der Waals surface area contributed by atoms with Crippen molar-refractivity contribution in [2.24, 2.45) is 0 Å². The summed E-state index contributed by atoms with van der Waals surface area (Å²) in [5, 5.41) is 8.20. The summed E-state index contributed by atoms with van der Waals surface area (Å²) in [4.78, 5) is 24.6. The van der Waals surface area contributed by atoms with Crippen molar-refractivity contribution in [1.29, 1.82) is 0 Å². The lowest BCUT2D eigenvalue weighted by Gasteiger charge is -2.07. The molecular weight excluding hydrogens is 394 g/mol. The fourth-order valence-corrected chi connectivity index (χ4v) is 3.15. The monoisotopic (exact) mass is 409 g/mol. The second-order valence-electron chi connectivity index (χ2n) is 6.29. The van der Waals surface area contributed by atoms with Crippen LogP contribution in [0.2, 0.25) is 5.02 Å². The molecule has 2 heterocycles. The van der Waals surface area contributed by atoms with Gasteiger partial charge >= 0.3 is 5.63 Å². The minimum atomic E-state index is -0.625. The third-order valence-electron chi connectivity index (χ3n) is 4.37. The molecule has 0 saturated heterocycles. The van der Waals surface area contributed by atoms with E-state index in [-0.39, 0.29) is 11.1 Å². The van der Waals surface area contributed by atoms with Gasteiger partial charge in [0.1, 0.15) is 11.3 Å². The average molecular weight is 410 g/mol. The number of hydrogen-bond donors (Lipinski definition) is 1. The third kappa shape index (κ3) is 4.00. The van der Waals surface area contributed by atoms with Crippen molar-refractivity contribution in [3.8, 4) is 5.75 Å². The van der Waals surface area contributed by atoms with Crippen molar-refractivity contribution in [3.63, 3.8) is 0 Å². The van der Waals surface area contributed by atoms with Gasteiger partial charge in [0, 0.05) is 34.8 Å². The fourth-order valence-electron chi connectivity index (χ4n) is 2.96. The Labute approximate surface area is 170 Å². The number of halogens is 1. The van der Waals surface area contributed by atoms with Gasteiger partial charge in [-0.3, -0.25) is 9.48 Å². The number of aromatic nitrogens is 2. The topological polar surface area (TPSA) is 86.4 Å². The van der Waals surface area contributed by atoms with Gasteiger partial charge in [0.15, 0.2) is 5.82 Å². The third-order valence-corrected chi connectivity index (χ3v) is 4.74. The molecule has 0 radical (unpaired) electrons. The number of carbonyl (C=O) groups excluding carboxylic acids is 1. The summed E-state index contributed by atoms with van der Waals surface area (Å²) in [6.45, 7) is 0.465. The predicted molar refractivity (Wildman–Crippen MR) is 110 cm³/mol. The largest absolute Gasteiger partial charge is 0.497 e. The SMILES string of the molecule is COc1ccc2c(C(=O)Nc3ccn(Cc4ccccc4Cl)n3)cc(=O)oc2c1. The van der Waals surface area contributed by atoms with Gasteiger partial charge < -0.3 is 14.5 Å². The number of amides is 1. The summed E-state index contributed by atoms with van der Waals surface area (Å²) in [5.41, 5.74) is 0.752. The maximum atomic E-state index is 12.8. The minimum Gasteiger partial charge on any atom is -0.497 e. The first-order chi connectivity index (χ1) is 14.0. The summed E-state index contributed by atoms with van der Waals surface area (Å²) < 4.78 is 12.0. The van der Waals surface area contributed by atoms with Crippen LogP contribution in [0.5, 0.6) is 5.75 Å². The molecule has 2 aromatic heterocycles. The molecular formula is C21H16ClN3O4. The molecule has 0 unspecified atom stereocenters. The molecule has 0 spiro atoms. The van der Waals surface area contributed by atoms with Crippen LogP contribution in [0.3, 0.4) is 0 Å². The molecule has 0 aliphatic carbocycles. The van der Waals surface area contributed by atoms with Gasteiger partial charge in [-0.2, -0.15) is 5.10 Å². The normalized spacial score (nSPS) is 10.8. The predicted octanol–water partition coefficient (Wildman–Crippen LogP) is 3.95. The molecule has 8 heteroatoms. The van der Waals surface area contributed by atoms with E-state index in [1.54, 1.807) is 35.1 Å². The van der Waals surface area contributed by atoms with Crippen molar-refractivity contribution in [1.82, 2.24) is 9.78 Å². The van der Waals surface area contributed by atoms with E-state index in [9.17, 15) is 9.59 Å². The number of rotatable bonds is 5. The van der Waals surface area contributed by atoms with E-state index in [4.69, 9.17) is 20.8 Å². The average Bonchev–Trinajstić information content (AvgIpc) is 3.15. The number of fused-ring (bicyclic) bond motifs is 1. The van der Waals surface area contributed by atoms with Crippen LogP contribution in [0.15, 0.2) is 70.0 Å².